The van der Waals surface area contributed by atoms with Crippen molar-refractivity contribution in [1.29, 1.82) is 0 Å². The molecule has 76 valence electrons. The lowest BCUT2D eigenvalue weighted by Gasteiger charge is -2.32. The number of nitrogens with two attached hydrogens (primary N) is 1. The first-order valence-corrected chi connectivity index (χ1v) is 5.58. The molecule has 0 radical (unpaired) electrons. The zero-order valence-electron chi connectivity index (χ0n) is 8.46. The summed E-state index contributed by atoms with van der Waals surface area (Å²) >= 11 is 6.23. The van der Waals surface area contributed by atoms with Crippen molar-refractivity contribution in [3.63, 3.8) is 0 Å². The van der Waals surface area contributed by atoms with E-state index in [1.165, 1.54) is 19.3 Å². The highest BCUT2D eigenvalue weighted by Gasteiger charge is 2.26. The molecule has 14 heavy (non-hydrogen) atoms. The van der Waals surface area contributed by atoms with Crippen molar-refractivity contribution in [2.45, 2.75) is 32.2 Å². The number of aryl methyl sites for hydroxylation is 1. The fourth-order valence-corrected chi connectivity index (χ4v) is 2.23. The van der Waals surface area contributed by atoms with Crippen molar-refractivity contribution in [1.82, 2.24) is 0 Å². The average molecular weight is 210 g/mol. The van der Waals surface area contributed by atoms with E-state index in [0.717, 1.165) is 16.1 Å². The van der Waals surface area contributed by atoms with Gasteiger partial charge in [0.2, 0.25) is 0 Å². The largest absolute Gasteiger partial charge is 0.324 e. The van der Waals surface area contributed by atoms with E-state index in [2.05, 4.69) is 6.07 Å². The molecular weight excluding hydrogens is 194 g/mol. The summed E-state index contributed by atoms with van der Waals surface area (Å²) in [6.45, 7) is 2.03. The van der Waals surface area contributed by atoms with E-state index in [4.69, 9.17) is 17.3 Å². The Hall–Kier alpha value is -0.530. The molecule has 1 unspecified atom stereocenters. The van der Waals surface area contributed by atoms with Gasteiger partial charge in [-0.3, -0.25) is 0 Å². The lowest BCUT2D eigenvalue weighted by atomic mass is 9.77. The van der Waals surface area contributed by atoms with Crippen LogP contribution in [-0.4, -0.2) is 0 Å². The third-order valence-electron chi connectivity index (χ3n) is 3.24. The van der Waals surface area contributed by atoms with Crippen LogP contribution in [0.4, 0.5) is 0 Å². The van der Waals surface area contributed by atoms with Gasteiger partial charge in [-0.25, -0.2) is 0 Å². The highest BCUT2D eigenvalue weighted by molar-refractivity contribution is 6.32. The van der Waals surface area contributed by atoms with Crippen LogP contribution in [0.3, 0.4) is 0 Å². The molecule has 0 spiro atoms. The normalized spacial score (nSPS) is 19.1. The summed E-state index contributed by atoms with van der Waals surface area (Å²) in [5, 5.41) is 0.854. The molecule has 1 aromatic carbocycles. The minimum atomic E-state index is 0.135. The van der Waals surface area contributed by atoms with Crippen LogP contribution in [0.1, 0.15) is 36.4 Å². The molecule has 1 aromatic rings. The van der Waals surface area contributed by atoms with Gasteiger partial charge in [0, 0.05) is 11.1 Å². The van der Waals surface area contributed by atoms with Gasteiger partial charge in [-0.15, -0.1) is 0 Å². The molecule has 0 amide bonds. The van der Waals surface area contributed by atoms with Crippen molar-refractivity contribution in [3.05, 3.63) is 34.3 Å². The minimum absolute atomic E-state index is 0.135. The van der Waals surface area contributed by atoms with Crippen LogP contribution in [0.5, 0.6) is 0 Å². The van der Waals surface area contributed by atoms with Gasteiger partial charge in [-0.05, 0) is 36.8 Å². The highest BCUT2D eigenvalue weighted by Crippen LogP contribution is 2.38. The van der Waals surface area contributed by atoms with Crippen LogP contribution in [0.25, 0.3) is 0 Å². The molecule has 1 aliphatic carbocycles. The summed E-state index contributed by atoms with van der Waals surface area (Å²) in [5.74, 6) is 0.647. The standard InChI is InChI=1S/C12H16ClN/c1-8-4-2-7-10(11(8)13)12(14)9-5-3-6-9/h2,4,7,9,12H,3,5-6,14H2,1H3. The zero-order valence-corrected chi connectivity index (χ0v) is 9.22. The molecule has 1 atom stereocenters. The Labute approximate surface area is 90.3 Å². The maximum absolute atomic E-state index is 6.23. The molecule has 0 bridgehead atoms. The predicted molar refractivity (Wildman–Crippen MR) is 60.5 cm³/mol. The second-order valence-corrected chi connectivity index (χ2v) is 4.57. The topological polar surface area (TPSA) is 26.0 Å². The van der Waals surface area contributed by atoms with Crippen molar-refractivity contribution < 1.29 is 0 Å². The van der Waals surface area contributed by atoms with Crippen molar-refractivity contribution in [2.75, 3.05) is 0 Å². The number of halogens is 1. The first kappa shape index (κ1) is 10.0. The van der Waals surface area contributed by atoms with Gasteiger partial charge >= 0.3 is 0 Å². The third-order valence-corrected chi connectivity index (χ3v) is 3.75. The SMILES string of the molecule is Cc1cccc(C(N)C2CCC2)c1Cl. The van der Waals surface area contributed by atoms with E-state index in [9.17, 15) is 0 Å². The second-order valence-electron chi connectivity index (χ2n) is 4.19. The summed E-state index contributed by atoms with van der Waals surface area (Å²) in [7, 11) is 0. The fraction of sp³-hybridized carbons (Fsp3) is 0.500. The Morgan fingerprint density at radius 2 is 2.14 bits per heavy atom. The van der Waals surface area contributed by atoms with E-state index in [0.29, 0.717) is 5.92 Å². The molecule has 1 aliphatic rings. The van der Waals surface area contributed by atoms with Crippen molar-refractivity contribution in [2.24, 2.45) is 11.7 Å². The molecule has 0 aromatic heterocycles. The van der Waals surface area contributed by atoms with Crippen molar-refractivity contribution in [3.8, 4) is 0 Å². The van der Waals surface area contributed by atoms with Gasteiger partial charge in [0.05, 0.1) is 0 Å². The summed E-state index contributed by atoms with van der Waals surface area (Å²) in [5.41, 5.74) is 8.43. The Bertz CT molecular complexity index is 331. The van der Waals surface area contributed by atoms with E-state index in [-0.39, 0.29) is 6.04 Å². The minimum Gasteiger partial charge on any atom is -0.324 e. The van der Waals surface area contributed by atoms with Gasteiger partial charge in [-0.1, -0.05) is 36.2 Å². The molecule has 2 N–H and O–H groups in total. The Morgan fingerprint density at radius 1 is 1.43 bits per heavy atom. The van der Waals surface area contributed by atoms with Gasteiger partial charge in [0.1, 0.15) is 0 Å². The Kier molecular flexibility index (Phi) is 2.80. The van der Waals surface area contributed by atoms with E-state index in [1.54, 1.807) is 0 Å². The monoisotopic (exact) mass is 209 g/mol. The maximum atomic E-state index is 6.23. The van der Waals surface area contributed by atoms with E-state index in [1.807, 2.05) is 19.1 Å². The lowest BCUT2D eigenvalue weighted by Crippen LogP contribution is -2.27. The molecular formula is C12H16ClN. The van der Waals surface area contributed by atoms with Gasteiger partial charge < -0.3 is 5.73 Å². The summed E-state index contributed by atoms with van der Waals surface area (Å²) in [6, 6.07) is 6.25. The molecule has 1 fully saturated rings. The summed E-state index contributed by atoms with van der Waals surface area (Å²) in [6.07, 6.45) is 3.83. The number of hydrogen-bond acceptors (Lipinski definition) is 1. The predicted octanol–water partition coefficient (Wildman–Crippen LogP) is 3.45. The fourth-order valence-electron chi connectivity index (χ4n) is 1.98. The first-order valence-electron chi connectivity index (χ1n) is 5.20. The average Bonchev–Trinajstić information content (AvgIpc) is 2.06. The third kappa shape index (κ3) is 1.67. The quantitative estimate of drug-likeness (QED) is 0.794. The van der Waals surface area contributed by atoms with Crippen LogP contribution < -0.4 is 5.73 Å². The number of rotatable bonds is 2. The first-order chi connectivity index (χ1) is 6.70. The van der Waals surface area contributed by atoms with Gasteiger partial charge in [0.15, 0.2) is 0 Å². The van der Waals surface area contributed by atoms with Crippen LogP contribution in [-0.2, 0) is 0 Å². The van der Waals surface area contributed by atoms with E-state index < -0.39 is 0 Å². The zero-order chi connectivity index (χ0) is 10.1. The summed E-state index contributed by atoms with van der Waals surface area (Å²) < 4.78 is 0. The molecule has 0 saturated heterocycles. The molecule has 2 rings (SSSR count). The molecule has 0 heterocycles. The van der Waals surface area contributed by atoms with Gasteiger partial charge in [0.25, 0.3) is 0 Å². The molecule has 1 nitrogen and oxygen atoms in total. The van der Waals surface area contributed by atoms with Gasteiger partial charge in [-0.2, -0.15) is 0 Å². The molecule has 1 saturated carbocycles. The smallest absolute Gasteiger partial charge is 0.0483 e. The van der Waals surface area contributed by atoms with Crippen LogP contribution >= 0.6 is 11.6 Å². The lowest BCUT2D eigenvalue weighted by molar-refractivity contribution is 0.264. The highest BCUT2D eigenvalue weighted by atomic mass is 35.5. The number of benzene rings is 1. The van der Waals surface area contributed by atoms with E-state index >= 15 is 0 Å². The second kappa shape index (κ2) is 3.92. The summed E-state index contributed by atoms with van der Waals surface area (Å²) in [4.78, 5) is 0. The van der Waals surface area contributed by atoms with Crippen LogP contribution in [0, 0.1) is 12.8 Å². The van der Waals surface area contributed by atoms with Crippen LogP contribution in [0.15, 0.2) is 18.2 Å². The molecule has 0 aliphatic heterocycles. The van der Waals surface area contributed by atoms with Crippen molar-refractivity contribution >= 4 is 11.6 Å². The number of hydrogen-bond donors (Lipinski definition) is 1. The maximum Gasteiger partial charge on any atom is 0.0483 e. The Morgan fingerprint density at radius 3 is 2.71 bits per heavy atom. The van der Waals surface area contributed by atoms with Crippen LogP contribution in [0.2, 0.25) is 5.02 Å². The Balaban J connectivity index is 2.26. The molecule has 2 heteroatoms.